The monoisotopic (exact) mass is 160 g/mol. The molecule has 0 radical (unpaired) electrons. The molecule has 2 atom stereocenters. The molecule has 2 unspecified atom stereocenters. The molecule has 62 valence electrons. The van der Waals surface area contributed by atoms with Crippen molar-refractivity contribution in [2.75, 3.05) is 13.2 Å². The number of aliphatic hydroxyl groups is 1. The van der Waals surface area contributed by atoms with Crippen LogP contribution in [-0.2, 0) is 14.2 Å². The van der Waals surface area contributed by atoms with Crippen molar-refractivity contribution in [1.29, 1.82) is 0 Å². The molecular weight excluding hydrogens is 152 g/mol. The lowest BCUT2D eigenvalue weighted by molar-refractivity contribution is -0.0951. The van der Waals surface area contributed by atoms with E-state index in [4.69, 9.17) is 14.6 Å². The maximum Gasteiger partial charge on any atom is 0.511 e. The number of aliphatic hydroxyl groups excluding tert-OH is 1. The second-order valence-corrected chi connectivity index (χ2v) is 2.65. The van der Waals surface area contributed by atoms with Crippen molar-refractivity contribution >= 4 is 6.16 Å². The van der Waals surface area contributed by atoms with E-state index >= 15 is 0 Å². The third kappa shape index (κ3) is 0.812. The zero-order chi connectivity index (χ0) is 7.90. The van der Waals surface area contributed by atoms with Crippen LogP contribution in [0.3, 0.4) is 0 Å². The van der Waals surface area contributed by atoms with Gasteiger partial charge in [0.1, 0.15) is 0 Å². The quantitative estimate of drug-likeness (QED) is 0.530. The van der Waals surface area contributed by atoms with Crippen molar-refractivity contribution in [2.24, 2.45) is 0 Å². The van der Waals surface area contributed by atoms with Gasteiger partial charge >= 0.3 is 6.16 Å². The molecule has 0 bridgehead atoms. The van der Waals surface area contributed by atoms with Gasteiger partial charge < -0.3 is 19.3 Å². The summed E-state index contributed by atoms with van der Waals surface area (Å²) in [5.74, 6) is 0. The molecule has 11 heavy (non-hydrogen) atoms. The fourth-order valence-electron chi connectivity index (χ4n) is 1.31. The first kappa shape index (κ1) is 6.87. The van der Waals surface area contributed by atoms with Crippen LogP contribution in [0.15, 0.2) is 0 Å². The second-order valence-electron chi connectivity index (χ2n) is 2.65. The van der Waals surface area contributed by atoms with Gasteiger partial charge in [-0.3, -0.25) is 0 Å². The summed E-state index contributed by atoms with van der Waals surface area (Å²) in [5.41, 5.74) is -0.920. The minimum atomic E-state index is -0.920. The summed E-state index contributed by atoms with van der Waals surface area (Å²) < 4.78 is 14.4. The average Bonchev–Trinajstić information content (AvgIpc) is 2.43. The van der Waals surface area contributed by atoms with E-state index in [0.717, 1.165) is 0 Å². The van der Waals surface area contributed by atoms with Gasteiger partial charge in [0.05, 0.1) is 13.2 Å². The first-order valence-corrected chi connectivity index (χ1v) is 3.39. The molecular formula is C6H8O5. The van der Waals surface area contributed by atoms with Gasteiger partial charge in [0.2, 0.25) is 11.9 Å². The minimum Gasteiger partial charge on any atom is -0.418 e. The van der Waals surface area contributed by atoms with Crippen molar-refractivity contribution in [1.82, 2.24) is 0 Å². The second kappa shape index (κ2) is 2.09. The normalized spacial score (nSPS) is 41.5. The Morgan fingerprint density at radius 1 is 1.73 bits per heavy atom. The van der Waals surface area contributed by atoms with Crippen LogP contribution in [0.25, 0.3) is 0 Å². The van der Waals surface area contributed by atoms with E-state index in [1.165, 1.54) is 0 Å². The van der Waals surface area contributed by atoms with E-state index in [1.54, 1.807) is 0 Å². The van der Waals surface area contributed by atoms with Crippen molar-refractivity contribution in [2.45, 2.75) is 18.3 Å². The number of hydrogen-bond acceptors (Lipinski definition) is 5. The Morgan fingerprint density at radius 2 is 2.55 bits per heavy atom. The van der Waals surface area contributed by atoms with Crippen LogP contribution >= 0.6 is 0 Å². The smallest absolute Gasteiger partial charge is 0.418 e. The average molecular weight is 160 g/mol. The van der Waals surface area contributed by atoms with E-state index in [2.05, 4.69) is 4.74 Å². The molecule has 5 heteroatoms. The lowest BCUT2D eigenvalue weighted by atomic mass is 10.0. The van der Waals surface area contributed by atoms with Gasteiger partial charge in [0, 0.05) is 6.42 Å². The third-order valence-electron chi connectivity index (χ3n) is 1.98. The van der Waals surface area contributed by atoms with Gasteiger partial charge in [-0.05, 0) is 0 Å². The van der Waals surface area contributed by atoms with E-state index in [-0.39, 0.29) is 6.61 Å². The predicted octanol–water partition coefficient (Wildman–Crippen LogP) is -0.369. The SMILES string of the molecule is O=C1OC2OCCC2(CO)O1. The van der Waals surface area contributed by atoms with Crippen molar-refractivity contribution in [3.8, 4) is 0 Å². The summed E-state index contributed by atoms with van der Waals surface area (Å²) in [6, 6.07) is 0. The first-order valence-electron chi connectivity index (χ1n) is 3.39. The number of carbonyl (C=O) groups excluding carboxylic acids is 1. The summed E-state index contributed by atoms with van der Waals surface area (Å²) >= 11 is 0. The summed E-state index contributed by atoms with van der Waals surface area (Å²) in [6.07, 6.45) is -0.969. The Labute approximate surface area is 62.8 Å². The molecule has 2 saturated heterocycles. The number of fused-ring (bicyclic) bond motifs is 1. The van der Waals surface area contributed by atoms with Crippen LogP contribution in [-0.4, -0.2) is 36.4 Å². The molecule has 2 rings (SSSR count). The fourth-order valence-corrected chi connectivity index (χ4v) is 1.31. The number of ether oxygens (including phenoxy) is 3. The molecule has 0 aromatic rings. The topological polar surface area (TPSA) is 65.0 Å². The molecule has 0 aromatic heterocycles. The van der Waals surface area contributed by atoms with E-state index in [0.29, 0.717) is 13.0 Å². The Balaban J connectivity index is 2.21. The molecule has 2 aliphatic heterocycles. The van der Waals surface area contributed by atoms with Crippen LogP contribution in [0.4, 0.5) is 4.79 Å². The Kier molecular flexibility index (Phi) is 1.30. The van der Waals surface area contributed by atoms with Gasteiger partial charge in [-0.2, -0.15) is 0 Å². The van der Waals surface area contributed by atoms with E-state index < -0.39 is 18.0 Å². The van der Waals surface area contributed by atoms with Gasteiger partial charge in [0.25, 0.3) is 0 Å². The molecule has 2 fully saturated rings. The summed E-state index contributed by atoms with van der Waals surface area (Å²) in [6.45, 7) is 0.210. The molecule has 0 amide bonds. The fraction of sp³-hybridized carbons (Fsp3) is 0.833. The molecule has 0 spiro atoms. The number of rotatable bonds is 1. The highest BCUT2D eigenvalue weighted by Crippen LogP contribution is 2.35. The van der Waals surface area contributed by atoms with Crippen LogP contribution in [0.2, 0.25) is 0 Å². The molecule has 0 aromatic carbocycles. The maximum atomic E-state index is 10.6. The van der Waals surface area contributed by atoms with Gasteiger partial charge in [-0.25, -0.2) is 4.79 Å². The highest BCUT2D eigenvalue weighted by molar-refractivity contribution is 5.63. The first-order chi connectivity index (χ1) is 5.27. The molecule has 1 N–H and O–H groups in total. The van der Waals surface area contributed by atoms with Crippen molar-refractivity contribution < 1.29 is 24.1 Å². The standard InChI is InChI=1S/C6H8O5/c7-3-6-1-2-9-4(6)10-5(8)11-6/h4,7H,1-3H2. The van der Waals surface area contributed by atoms with E-state index in [9.17, 15) is 4.79 Å². The molecule has 5 nitrogen and oxygen atoms in total. The van der Waals surface area contributed by atoms with E-state index in [1.807, 2.05) is 0 Å². The lowest BCUT2D eigenvalue weighted by Gasteiger charge is -2.18. The predicted molar refractivity (Wildman–Crippen MR) is 31.7 cm³/mol. The largest absolute Gasteiger partial charge is 0.511 e. The molecule has 0 saturated carbocycles. The van der Waals surface area contributed by atoms with Crippen molar-refractivity contribution in [3.05, 3.63) is 0 Å². The Morgan fingerprint density at radius 3 is 3.18 bits per heavy atom. The highest BCUT2D eigenvalue weighted by Gasteiger charge is 2.55. The van der Waals surface area contributed by atoms with Crippen LogP contribution < -0.4 is 0 Å². The summed E-state index contributed by atoms with van der Waals surface area (Å²) in [7, 11) is 0. The number of hydrogen-bond donors (Lipinski definition) is 1. The van der Waals surface area contributed by atoms with Gasteiger partial charge in [-0.1, -0.05) is 0 Å². The van der Waals surface area contributed by atoms with Crippen LogP contribution in [0.1, 0.15) is 6.42 Å². The van der Waals surface area contributed by atoms with Crippen LogP contribution in [0.5, 0.6) is 0 Å². The minimum absolute atomic E-state index is 0.247. The maximum absolute atomic E-state index is 10.6. The zero-order valence-corrected chi connectivity index (χ0v) is 5.78. The molecule has 2 heterocycles. The van der Waals surface area contributed by atoms with Crippen molar-refractivity contribution in [3.63, 3.8) is 0 Å². The third-order valence-corrected chi connectivity index (χ3v) is 1.98. The summed E-state index contributed by atoms with van der Waals surface area (Å²) in [4.78, 5) is 10.6. The van der Waals surface area contributed by atoms with Gasteiger partial charge in [0.15, 0.2) is 0 Å². The Hall–Kier alpha value is -0.810. The number of carbonyl (C=O) groups is 1. The zero-order valence-electron chi connectivity index (χ0n) is 5.78. The Bertz CT molecular complexity index is 191. The molecule has 2 aliphatic rings. The molecule has 0 aliphatic carbocycles. The van der Waals surface area contributed by atoms with Gasteiger partial charge in [-0.15, -0.1) is 0 Å². The highest BCUT2D eigenvalue weighted by atomic mass is 16.9. The summed E-state index contributed by atoms with van der Waals surface area (Å²) in [5, 5.41) is 8.91. The lowest BCUT2D eigenvalue weighted by Crippen LogP contribution is -2.39. The van der Waals surface area contributed by atoms with Crippen LogP contribution in [0, 0.1) is 0 Å².